The van der Waals surface area contributed by atoms with Crippen molar-refractivity contribution >= 4 is 11.6 Å². The van der Waals surface area contributed by atoms with Gasteiger partial charge in [0.25, 0.3) is 11.6 Å². The van der Waals surface area contributed by atoms with Crippen molar-refractivity contribution in [2.75, 3.05) is 26.2 Å². The van der Waals surface area contributed by atoms with E-state index in [4.69, 9.17) is 4.42 Å². The summed E-state index contributed by atoms with van der Waals surface area (Å²) in [5.74, 6) is -0.0286. The molecule has 2 heterocycles. The average Bonchev–Trinajstić information content (AvgIpc) is 3.11. The topological polar surface area (TPSA) is 100 Å². The number of piperazine rings is 1. The first-order valence-corrected chi connectivity index (χ1v) is 7.54. The van der Waals surface area contributed by atoms with Gasteiger partial charge in [-0.2, -0.15) is 0 Å². The first-order chi connectivity index (χ1) is 11.5. The molecule has 1 saturated heterocycles. The molecule has 1 aliphatic heterocycles. The highest BCUT2D eigenvalue weighted by Gasteiger charge is 2.23. The molecule has 1 aromatic carbocycles. The van der Waals surface area contributed by atoms with Crippen LogP contribution in [0.4, 0.5) is 5.69 Å². The van der Waals surface area contributed by atoms with Crippen molar-refractivity contribution in [1.82, 2.24) is 9.80 Å². The summed E-state index contributed by atoms with van der Waals surface area (Å²) >= 11 is 0. The zero-order chi connectivity index (χ0) is 17.1. The smallest absolute Gasteiger partial charge is 0.270 e. The molecule has 0 radical (unpaired) electrons. The van der Waals surface area contributed by atoms with Gasteiger partial charge in [0.05, 0.1) is 16.7 Å². The fraction of sp³-hybridized carbons (Fsp3) is 0.312. The van der Waals surface area contributed by atoms with Gasteiger partial charge in [-0.3, -0.25) is 19.8 Å². The molecule has 0 aliphatic carbocycles. The average molecular weight is 331 g/mol. The van der Waals surface area contributed by atoms with E-state index in [-0.39, 0.29) is 17.3 Å². The van der Waals surface area contributed by atoms with Crippen LogP contribution in [0.15, 0.2) is 41.2 Å². The second kappa shape index (κ2) is 6.71. The molecule has 126 valence electrons. The molecule has 8 nitrogen and oxygen atoms in total. The Bertz CT molecular complexity index is 736. The number of rotatable bonds is 4. The lowest BCUT2D eigenvalue weighted by Crippen LogP contribution is -2.48. The Morgan fingerprint density at radius 1 is 1.25 bits per heavy atom. The molecule has 1 amide bonds. The molecule has 0 spiro atoms. The monoisotopic (exact) mass is 331 g/mol. The van der Waals surface area contributed by atoms with Crippen molar-refractivity contribution in [3.8, 4) is 5.75 Å². The number of phenolic OH excluding ortho intramolecular Hbond substituents is 1. The maximum absolute atomic E-state index is 12.2. The van der Waals surface area contributed by atoms with E-state index in [0.717, 1.165) is 0 Å². The minimum atomic E-state index is -0.482. The van der Waals surface area contributed by atoms with Crippen molar-refractivity contribution < 1.29 is 19.2 Å². The van der Waals surface area contributed by atoms with Crippen LogP contribution in [0, 0.1) is 10.1 Å². The molecule has 0 unspecified atom stereocenters. The maximum atomic E-state index is 12.2. The van der Waals surface area contributed by atoms with E-state index in [9.17, 15) is 20.0 Å². The van der Waals surface area contributed by atoms with E-state index in [2.05, 4.69) is 4.90 Å². The summed E-state index contributed by atoms with van der Waals surface area (Å²) in [6.07, 6.45) is 2.89. The Hall–Kier alpha value is -2.87. The number of carbonyl (C=O) groups is 1. The quantitative estimate of drug-likeness (QED) is 0.678. The van der Waals surface area contributed by atoms with Crippen molar-refractivity contribution in [2.24, 2.45) is 0 Å². The lowest BCUT2D eigenvalue weighted by atomic mass is 10.1. The normalized spacial score (nSPS) is 15.4. The van der Waals surface area contributed by atoms with Crippen LogP contribution in [0.1, 0.15) is 15.9 Å². The molecule has 1 aromatic heterocycles. The van der Waals surface area contributed by atoms with Gasteiger partial charge in [-0.25, -0.2) is 0 Å². The molecule has 1 aliphatic rings. The number of non-ortho nitro benzene ring substituents is 1. The van der Waals surface area contributed by atoms with E-state index in [1.165, 1.54) is 30.7 Å². The zero-order valence-corrected chi connectivity index (χ0v) is 12.9. The molecule has 0 bridgehead atoms. The van der Waals surface area contributed by atoms with Crippen LogP contribution < -0.4 is 0 Å². The molecule has 0 saturated carbocycles. The first-order valence-electron chi connectivity index (χ1n) is 7.54. The SMILES string of the molecule is O=C(c1ccoc1)N1CCN(Cc2cc([N+](=O)[O-])ccc2O)CC1. The minimum Gasteiger partial charge on any atom is -0.508 e. The van der Waals surface area contributed by atoms with Crippen LogP contribution in [0.25, 0.3) is 0 Å². The van der Waals surface area contributed by atoms with Crippen LogP contribution in [-0.4, -0.2) is 51.9 Å². The molecule has 0 atom stereocenters. The molecule has 8 heteroatoms. The molecule has 3 rings (SSSR count). The summed E-state index contributed by atoms with van der Waals surface area (Å²) < 4.78 is 4.93. The van der Waals surface area contributed by atoms with Gasteiger partial charge in [0, 0.05) is 50.4 Å². The summed E-state index contributed by atoms with van der Waals surface area (Å²) in [6, 6.07) is 5.64. The van der Waals surface area contributed by atoms with Gasteiger partial charge >= 0.3 is 0 Å². The lowest BCUT2D eigenvalue weighted by molar-refractivity contribution is -0.385. The predicted octanol–water partition coefficient (Wildman–Crippen LogP) is 1.85. The number of nitro groups is 1. The van der Waals surface area contributed by atoms with Crippen LogP contribution in [0.3, 0.4) is 0 Å². The standard InChI is InChI=1S/C16H17N3O5/c20-15-2-1-14(19(22)23)9-13(15)10-17-4-6-18(7-5-17)16(21)12-3-8-24-11-12/h1-3,8-9,11,20H,4-7,10H2. The molecule has 1 fully saturated rings. The fourth-order valence-electron chi connectivity index (χ4n) is 2.73. The van der Waals surface area contributed by atoms with E-state index in [1.54, 1.807) is 11.0 Å². The summed E-state index contributed by atoms with van der Waals surface area (Å²) in [7, 11) is 0. The number of phenols is 1. The number of benzene rings is 1. The Morgan fingerprint density at radius 2 is 2.00 bits per heavy atom. The Kier molecular flexibility index (Phi) is 4.48. The summed E-state index contributed by atoms with van der Waals surface area (Å²) in [4.78, 5) is 26.4. The third-order valence-electron chi connectivity index (χ3n) is 4.10. The fourth-order valence-corrected chi connectivity index (χ4v) is 2.73. The van der Waals surface area contributed by atoms with Crippen molar-refractivity contribution in [1.29, 1.82) is 0 Å². The van der Waals surface area contributed by atoms with Gasteiger partial charge in [0.1, 0.15) is 12.0 Å². The Labute approximate surface area is 138 Å². The molecule has 1 N–H and O–H groups in total. The number of nitrogens with zero attached hydrogens (tertiary/aromatic N) is 3. The highest BCUT2D eigenvalue weighted by molar-refractivity contribution is 5.93. The number of furan rings is 1. The number of nitro benzene ring substituents is 1. The van der Waals surface area contributed by atoms with E-state index in [0.29, 0.717) is 43.9 Å². The minimum absolute atomic E-state index is 0.0394. The van der Waals surface area contributed by atoms with Crippen LogP contribution in [0.2, 0.25) is 0 Å². The van der Waals surface area contributed by atoms with E-state index in [1.807, 2.05) is 0 Å². The van der Waals surface area contributed by atoms with Gasteiger partial charge in [-0.15, -0.1) is 0 Å². The van der Waals surface area contributed by atoms with Crippen LogP contribution >= 0.6 is 0 Å². The predicted molar refractivity (Wildman–Crippen MR) is 84.6 cm³/mol. The largest absolute Gasteiger partial charge is 0.508 e. The second-order valence-corrected chi connectivity index (χ2v) is 5.65. The van der Waals surface area contributed by atoms with Gasteiger partial charge in [0.15, 0.2) is 0 Å². The number of hydrogen-bond donors (Lipinski definition) is 1. The van der Waals surface area contributed by atoms with Gasteiger partial charge in [-0.05, 0) is 12.1 Å². The summed E-state index contributed by atoms with van der Waals surface area (Å²) in [5.41, 5.74) is 0.996. The van der Waals surface area contributed by atoms with E-state index < -0.39 is 4.92 Å². The second-order valence-electron chi connectivity index (χ2n) is 5.65. The maximum Gasteiger partial charge on any atom is 0.270 e. The summed E-state index contributed by atoms with van der Waals surface area (Å²) in [5, 5.41) is 20.7. The van der Waals surface area contributed by atoms with Crippen molar-refractivity contribution in [3.63, 3.8) is 0 Å². The summed E-state index contributed by atoms with van der Waals surface area (Å²) in [6.45, 7) is 2.78. The lowest BCUT2D eigenvalue weighted by Gasteiger charge is -2.34. The third kappa shape index (κ3) is 3.38. The third-order valence-corrected chi connectivity index (χ3v) is 4.10. The first kappa shape index (κ1) is 16.0. The molecule has 2 aromatic rings. The number of aromatic hydroxyl groups is 1. The Morgan fingerprint density at radius 3 is 2.62 bits per heavy atom. The zero-order valence-electron chi connectivity index (χ0n) is 12.9. The van der Waals surface area contributed by atoms with Crippen LogP contribution in [-0.2, 0) is 6.54 Å². The van der Waals surface area contributed by atoms with Gasteiger partial charge in [0.2, 0.25) is 0 Å². The molecular weight excluding hydrogens is 314 g/mol. The van der Waals surface area contributed by atoms with Crippen LogP contribution in [0.5, 0.6) is 5.75 Å². The molecular formula is C16H17N3O5. The van der Waals surface area contributed by atoms with Crippen molar-refractivity contribution in [3.05, 3.63) is 58.0 Å². The molecule has 24 heavy (non-hydrogen) atoms. The number of hydrogen-bond acceptors (Lipinski definition) is 6. The number of carbonyl (C=O) groups excluding carboxylic acids is 1. The van der Waals surface area contributed by atoms with Gasteiger partial charge in [-0.1, -0.05) is 0 Å². The Balaban J connectivity index is 1.60. The van der Waals surface area contributed by atoms with Crippen molar-refractivity contribution in [2.45, 2.75) is 6.54 Å². The number of amides is 1. The highest BCUT2D eigenvalue weighted by atomic mass is 16.6. The van der Waals surface area contributed by atoms with E-state index >= 15 is 0 Å². The highest BCUT2D eigenvalue weighted by Crippen LogP contribution is 2.24. The van der Waals surface area contributed by atoms with Gasteiger partial charge < -0.3 is 14.4 Å².